The molecule has 0 aromatic carbocycles. The number of hydrogen-bond acceptors (Lipinski definition) is 7. The Kier molecular flexibility index (Phi) is 7.92. The zero-order chi connectivity index (χ0) is 24.1. The van der Waals surface area contributed by atoms with Gasteiger partial charge in [0.05, 0.1) is 10.8 Å². The number of carboxylic acid groups (broad SMARTS) is 1. The van der Waals surface area contributed by atoms with Crippen LogP contribution in [-0.2, 0) is 14.4 Å². The van der Waals surface area contributed by atoms with E-state index in [1.165, 1.54) is 23.1 Å². The van der Waals surface area contributed by atoms with Crippen LogP contribution in [0.3, 0.4) is 0 Å². The number of nitrogens with one attached hydrogen (secondary N) is 1. The first kappa shape index (κ1) is 24.5. The highest BCUT2D eigenvalue weighted by molar-refractivity contribution is 9.11. The molecule has 1 atom stereocenters. The summed E-state index contributed by atoms with van der Waals surface area (Å²) in [6.07, 6.45) is 6.29. The largest absolute Gasteiger partial charge is 0.481 e. The van der Waals surface area contributed by atoms with Gasteiger partial charge in [-0.25, -0.2) is 0 Å². The summed E-state index contributed by atoms with van der Waals surface area (Å²) in [6, 6.07) is 3.30. The first-order chi connectivity index (χ1) is 15.7. The van der Waals surface area contributed by atoms with Crippen LogP contribution in [0.1, 0.15) is 49.5 Å². The van der Waals surface area contributed by atoms with E-state index < -0.39 is 22.7 Å². The van der Waals surface area contributed by atoms with E-state index in [4.69, 9.17) is 21.7 Å². The maximum atomic E-state index is 12.9. The Balaban J connectivity index is 1.70. The SMILES string of the molecule is O=C(O)CCCCCN1C(=O)/C(=C/c2ccc(C3CC=C([N+](=O)[O-])C=C3Br)o2)C(=O)NC1=S. The first-order valence-electron chi connectivity index (χ1n) is 10.1. The summed E-state index contributed by atoms with van der Waals surface area (Å²) >= 11 is 8.47. The van der Waals surface area contributed by atoms with Crippen molar-refractivity contribution in [2.75, 3.05) is 6.54 Å². The van der Waals surface area contributed by atoms with Gasteiger partial charge >= 0.3 is 5.97 Å². The summed E-state index contributed by atoms with van der Waals surface area (Å²) < 4.78 is 6.39. The number of nitrogens with zero attached hydrogens (tertiary/aromatic N) is 2. The fourth-order valence-electron chi connectivity index (χ4n) is 3.43. The van der Waals surface area contributed by atoms with Crippen LogP contribution in [0, 0.1) is 10.1 Å². The molecule has 0 saturated carbocycles. The summed E-state index contributed by atoms with van der Waals surface area (Å²) in [7, 11) is 0. The van der Waals surface area contributed by atoms with E-state index in [1.54, 1.807) is 12.1 Å². The molecule has 0 spiro atoms. The first-order valence-corrected chi connectivity index (χ1v) is 11.3. The summed E-state index contributed by atoms with van der Waals surface area (Å²) in [5, 5.41) is 22.1. The van der Waals surface area contributed by atoms with Crippen LogP contribution in [0.4, 0.5) is 0 Å². The second-order valence-electron chi connectivity index (χ2n) is 7.42. The van der Waals surface area contributed by atoms with Gasteiger partial charge in [0.15, 0.2) is 5.11 Å². The number of rotatable bonds is 9. The lowest BCUT2D eigenvalue weighted by Gasteiger charge is -2.28. The van der Waals surface area contributed by atoms with Crippen molar-refractivity contribution < 1.29 is 28.8 Å². The third-order valence-corrected chi connectivity index (χ3v) is 6.23. The molecular formula is C21H20BrN3O7S. The number of aliphatic carboxylic acids is 1. The molecule has 1 aromatic heterocycles. The van der Waals surface area contributed by atoms with Crippen LogP contribution < -0.4 is 5.32 Å². The number of carboxylic acids is 1. The van der Waals surface area contributed by atoms with E-state index in [9.17, 15) is 24.5 Å². The predicted molar refractivity (Wildman–Crippen MR) is 125 cm³/mol. The molecule has 2 amide bonds. The van der Waals surface area contributed by atoms with Crippen molar-refractivity contribution in [3.63, 3.8) is 0 Å². The standard InChI is InChI=1S/C21H20BrN3O7S/c22-16-10-12(25(30)31)5-7-14(16)17-8-6-13(32-17)11-15-19(28)23-21(33)24(20(15)29)9-3-1-2-4-18(26)27/h5-6,8,10-11,14H,1-4,7,9H2,(H,26,27)(H,23,28,33)/b15-11+. The molecule has 10 nitrogen and oxygen atoms in total. The molecule has 174 valence electrons. The van der Waals surface area contributed by atoms with E-state index in [0.717, 1.165) is 0 Å². The number of thiocarbonyl (C=S) groups is 1. The van der Waals surface area contributed by atoms with Crippen molar-refractivity contribution in [3.05, 3.63) is 61.7 Å². The Hall–Kier alpha value is -3.12. The van der Waals surface area contributed by atoms with Crippen molar-refractivity contribution in [2.24, 2.45) is 0 Å². The molecule has 2 N–H and O–H groups in total. The minimum Gasteiger partial charge on any atom is -0.481 e. The van der Waals surface area contributed by atoms with Gasteiger partial charge in [0.1, 0.15) is 17.1 Å². The Bertz CT molecular complexity index is 1110. The second-order valence-corrected chi connectivity index (χ2v) is 8.72. The van der Waals surface area contributed by atoms with E-state index in [0.29, 0.717) is 35.9 Å². The number of nitro groups is 1. The topological polar surface area (TPSA) is 143 Å². The molecule has 1 aliphatic heterocycles. The molecule has 1 aliphatic carbocycles. The third-order valence-electron chi connectivity index (χ3n) is 5.13. The quantitative estimate of drug-likeness (QED) is 0.122. The highest BCUT2D eigenvalue weighted by atomic mass is 79.9. The van der Waals surface area contributed by atoms with Crippen LogP contribution in [0.25, 0.3) is 6.08 Å². The monoisotopic (exact) mass is 537 g/mol. The number of halogens is 1. The zero-order valence-corrected chi connectivity index (χ0v) is 19.7. The minimum atomic E-state index is -0.875. The Morgan fingerprint density at radius 3 is 2.79 bits per heavy atom. The molecule has 2 aliphatic rings. The number of carbonyl (C=O) groups is 3. The lowest BCUT2D eigenvalue weighted by molar-refractivity contribution is -0.419. The van der Waals surface area contributed by atoms with Gasteiger partial charge in [-0.2, -0.15) is 0 Å². The molecule has 3 rings (SSSR count). The zero-order valence-electron chi connectivity index (χ0n) is 17.3. The second kappa shape index (κ2) is 10.7. The number of carbonyl (C=O) groups excluding carboxylic acids is 2. The van der Waals surface area contributed by atoms with Crippen molar-refractivity contribution >= 4 is 57.1 Å². The van der Waals surface area contributed by atoms with Gasteiger partial charge in [-0.3, -0.25) is 34.7 Å². The molecule has 1 saturated heterocycles. The average molecular weight is 538 g/mol. The Morgan fingerprint density at radius 2 is 2.12 bits per heavy atom. The van der Waals surface area contributed by atoms with E-state index >= 15 is 0 Å². The predicted octanol–water partition coefficient (Wildman–Crippen LogP) is 3.48. The number of hydrogen-bond donors (Lipinski definition) is 2. The number of amides is 2. The molecule has 0 radical (unpaired) electrons. The summed E-state index contributed by atoms with van der Waals surface area (Å²) in [4.78, 5) is 47.6. The summed E-state index contributed by atoms with van der Waals surface area (Å²) in [5.41, 5.74) is -0.140. The smallest absolute Gasteiger partial charge is 0.303 e. The fourth-order valence-corrected chi connectivity index (χ4v) is 4.34. The van der Waals surface area contributed by atoms with Gasteiger partial charge in [-0.05, 0) is 55.8 Å². The molecule has 12 heteroatoms. The summed E-state index contributed by atoms with van der Waals surface area (Å²) in [5.74, 6) is -1.52. The van der Waals surface area contributed by atoms with Gasteiger partial charge in [-0.1, -0.05) is 22.4 Å². The number of furan rings is 1. The van der Waals surface area contributed by atoms with Crippen LogP contribution in [0.2, 0.25) is 0 Å². The average Bonchev–Trinajstić information content (AvgIpc) is 3.21. The molecule has 1 unspecified atom stereocenters. The fraction of sp³-hybridized carbons (Fsp3) is 0.333. The van der Waals surface area contributed by atoms with Crippen molar-refractivity contribution in [3.8, 4) is 0 Å². The molecule has 1 aromatic rings. The minimum absolute atomic E-state index is 0.00415. The van der Waals surface area contributed by atoms with Crippen LogP contribution >= 0.6 is 28.1 Å². The van der Waals surface area contributed by atoms with Crippen molar-refractivity contribution in [1.29, 1.82) is 0 Å². The molecule has 2 heterocycles. The van der Waals surface area contributed by atoms with Crippen LogP contribution in [0.15, 0.2) is 44.5 Å². The maximum Gasteiger partial charge on any atom is 0.303 e. The third kappa shape index (κ3) is 6.02. The highest BCUT2D eigenvalue weighted by Crippen LogP contribution is 2.37. The Labute approximate surface area is 202 Å². The molecule has 0 bridgehead atoms. The van der Waals surface area contributed by atoms with Crippen molar-refractivity contribution in [1.82, 2.24) is 10.2 Å². The normalized spacial score (nSPS) is 19.9. The molecular weight excluding hydrogens is 518 g/mol. The van der Waals surface area contributed by atoms with E-state index in [2.05, 4.69) is 21.2 Å². The molecule has 33 heavy (non-hydrogen) atoms. The number of unbranched alkanes of at least 4 members (excludes halogenated alkanes) is 2. The lowest BCUT2D eigenvalue weighted by atomic mass is 9.97. The molecule has 1 fully saturated rings. The van der Waals surface area contributed by atoms with Gasteiger partial charge in [0.2, 0.25) is 0 Å². The van der Waals surface area contributed by atoms with Gasteiger partial charge < -0.3 is 9.52 Å². The highest BCUT2D eigenvalue weighted by Gasteiger charge is 2.33. The Morgan fingerprint density at radius 1 is 1.36 bits per heavy atom. The van der Waals surface area contributed by atoms with E-state index in [-0.39, 0.29) is 41.0 Å². The van der Waals surface area contributed by atoms with Gasteiger partial charge in [0.25, 0.3) is 17.5 Å². The van der Waals surface area contributed by atoms with E-state index in [1.807, 2.05) is 0 Å². The maximum absolute atomic E-state index is 12.9. The van der Waals surface area contributed by atoms with Crippen LogP contribution in [0.5, 0.6) is 0 Å². The van der Waals surface area contributed by atoms with Gasteiger partial charge in [0, 0.05) is 23.5 Å². The summed E-state index contributed by atoms with van der Waals surface area (Å²) in [6.45, 7) is 0.253. The van der Waals surface area contributed by atoms with Crippen LogP contribution in [-0.4, -0.2) is 44.4 Å². The lowest BCUT2D eigenvalue weighted by Crippen LogP contribution is -2.54. The van der Waals surface area contributed by atoms with Crippen molar-refractivity contribution in [2.45, 2.75) is 38.0 Å². The number of allylic oxidation sites excluding steroid dienone is 3. The van der Waals surface area contributed by atoms with Gasteiger partial charge in [-0.15, -0.1) is 0 Å².